The number of carboxylic acids is 1. The minimum absolute atomic E-state index is 0.0161. The molecule has 6 heteroatoms. The number of rotatable bonds is 8. The third kappa shape index (κ3) is 6.56. The van der Waals surface area contributed by atoms with Crippen molar-refractivity contribution < 1.29 is 19.5 Å². The molecule has 0 aromatic heterocycles. The van der Waals surface area contributed by atoms with E-state index in [1.807, 2.05) is 6.92 Å². The molecule has 2 amide bonds. The Hall–Kier alpha value is -2.37. The predicted molar refractivity (Wildman–Crippen MR) is 77.8 cm³/mol. The number of unbranched alkanes of at least 4 members (excludes halogenated alkanes) is 1. The van der Waals surface area contributed by atoms with E-state index >= 15 is 0 Å². The average molecular weight is 292 g/mol. The molecule has 0 saturated carbocycles. The SMILES string of the molecule is CCCCC(=O)NCc1cccc(C(=O)NCC(=O)O)c1. The molecule has 0 unspecified atom stereocenters. The van der Waals surface area contributed by atoms with Crippen molar-refractivity contribution in [2.75, 3.05) is 6.54 Å². The van der Waals surface area contributed by atoms with Gasteiger partial charge in [0, 0.05) is 18.5 Å². The first-order valence-electron chi connectivity index (χ1n) is 6.88. The van der Waals surface area contributed by atoms with Crippen molar-refractivity contribution in [3.8, 4) is 0 Å². The van der Waals surface area contributed by atoms with Crippen molar-refractivity contribution in [3.63, 3.8) is 0 Å². The van der Waals surface area contributed by atoms with Crippen LogP contribution >= 0.6 is 0 Å². The summed E-state index contributed by atoms with van der Waals surface area (Å²) in [6.07, 6.45) is 2.31. The highest BCUT2D eigenvalue weighted by molar-refractivity contribution is 5.95. The van der Waals surface area contributed by atoms with Crippen LogP contribution in [0.2, 0.25) is 0 Å². The second-order valence-corrected chi connectivity index (χ2v) is 4.66. The Balaban J connectivity index is 2.53. The number of hydrogen-bond acceptors (Lipinski definition) is 3. The van der Waals surface area contributed by atoms with Crippen LogP contribution in [0.5, 0.6) is 0 Å². The van der Waals surface area contributed by atoms with Gasteiger partial charge in [-0.2, -0.15) is 0 Å². The van der Waals surface area contributed by atoms with Crippen LogP contribution in [0.3, 0.4) is 0 Å². The minimum Gasteiger partial charge on any atom is -0.480 e. The second kappa shape index (κ2) is 8.73. The van der Waals surface area contributed by atoms with Crippen LogP contribution in [0.1, 0.15) is 42.1 Å². The smallest absolute Gasteiger partial charge is 0.322 e. The Morgan fingerprint density at radius 2 is 1.95 bits per heavy atom. The Bertz CT molecular complexity index is 514. The Kier molecular flexibility index (Phi) is 6.94. The Morgan fingerprint density at radius 1 is 1.19 bits per heavy atom. The maximum atomic E-state index is 11.7. The summed E-state index contributed by atoms with van der Waals surface area (Å²) in [6, 6.07) is 6.73. The van der Waals surface area contributed by atoms with Gasteiger partial charge in [0.25, 0.3) is 5.91 Å². The largest absolute Gasteiger partial charge is 0.480 e. The summed E-state index contributed by atoms with van der Waals surface area (Å²) in [7, 11) is 0. The molecule has 6 nitrogen and oxygen atoms in total. The van der Waals surface area contributed by atoms with Crippen LogP contribution in [-0.4, -0.2) is 29.4 Å². The zero-order valence-electron chi connectivity index (χ0n) is 12.0. The van der Waals surface area contributed by atoms with Gasteiger partial charge in [-0.3, -0.25) is 14.4 Å². The van der Waals surface area contributed by atoms with Crippen molar-refractivity contribution in [1.82, 2.24) is 10.6 Å². The van der Waals surface area contributed by atoms with E-state index in [9.17, 15) is 14.4 Å². The van der Waals surface area contributed by atoms with Gasteiger partial charge >= 0.3 is 5.97 Å². The molecule has 0 aliphatic heterocycles. The van der Waals surface area contributed by atoms with E-state index < -0.39 is 18.4 Å². The zero-order chi connectivity index (χ0) is 15.7. The molecule has 1 rings (SSSR count). The van der Waals surface area contributed by atoms with Crippen molar-refractivity contribution in [2.45, 2.75) is 32.7 Å². The molecule has 0 bridgehead atoms. The number of carbonyl (C=O) groups is 3. The average Bonchev–Trinajstić information content (AvgIpc) is 2.48. The van der Waals surface area contributed by atoms with Crippen molar-refractivity contribution in [3.05, 3.63) is 35.4 Å². The van der Waals surface area contributed by atoms with Crippen LogP contribution < -0.4 is 10.6 Å². The third-order valence-electron chi connectivity index (χ3n) is 2.84. The number of benzene rings is 1. The van der Waals surface area contributed by atoms with E-state index in [-0.39, 0.29) is 5.91 Å². The van der Waals surface area contributed by atoms with Gasteiger partial charge in [-0.15, -0.1) is 0 Å². The van der Waals surface area contributed by atoms with Gasteiger partial charge in [-0.05, 0) is 24.1 Å². The monoisotopic (exact) mass is 292 g/mol. The molecule has 0 heterocycles. The highest BCUT2D eigenvalue weighted by atomic mass is 16.4. The lowest BCUT2D eigenvalue weighted by Gasteiger charge is -2.07. The number of carbonyl (C=O) groups excluding carboxylic acids is 2. The molecule has 1 aromatic rings. The molecule has 0 radical (unpaired) electrons. The summed E-state index contributed by atoms with van der Waals surface area (Å²) in [5, 5.41) is 13.6. The van der Waals surface area contributed by atoms with Gasteiger partial charge in [-0.25, -0.2) is 0 Å². The van der Waals surface area contributed by atoms with E-state index in [1.165, 1.54) is 0 Å². The van der Waals surface area contributed by atoms with Crippen LogP contribution in [0.25, 0.3) is 0 Å². The first-order valence-corrected chi connectivity index (χ1v) is 6.88. The molecule has 21 heavy (non-hydrogen) atoms. The van der Waals surface area contributed by atoms with E-state index in [4.69, 9.17) is 5.11 Å². The van der Waals surface area contributed by atoms with E-state index in [2.05, 4.69) is 10.6 Å². The standard InChI is InChI=1S/C15H20N2O4/c1-2-3-7-13(18)16-9-11-5-4-6-12(8-11)15(21)17-10-14(19)20/h4-6,8H,2-3,7,9-10H2,1H3,(H,16,18)(H,17,21)(H,19,20). The van der Waals surface area contributed by atoms with Crippen LogP contribution in [0.4, 0.5) is 0 Å². The first-order chi connectivity index (χ1) is 10.0. The second-order valence-electron chi connectivity index (χ2n) is 4.66. The molecule has 3 N–H and O–H groups in total. The normalized spacial score (nSPS) is 9.95. The lowest BCUT2D eigenvalue weighted by atomic mass is 10.1. The number of aliphatic carboxylic acids is 1. The van der Waals surface area contributed by atoms with Crippen molar-refractivity contribution in [2.24, 2.45) is 0 Å². The quantitative estimate of drug-likeness (QED) is 0.673. The summed E-state index contributed by atoms with van der Waals surface area (Å²) in [6.45, 7) is 1.95. The zero-order valence-corrected chi connectivity index (χ0v) is 12.0. The molecule has 0 aliphatic carbocycles. The number of nitrogens with one attached hydrogen (secondary N) is 2. The topological polar surface area (TPSA) is 95.5 Å². The summed E-state index contributed by atoms with van der Waals surface area (Å²) < 4.78 is 0. The van der Waals surface area contributed by atoms with Crippen LogP contribution in [-0.2, 0) is 16.1 Å². The van der Waals surface area contributed by atoms with Gasteiger partial charge in [0.2, 0.25) is 5.91 Å². The third-order valence-corrected chi connectivity index (χ3v) is 2.84. The van der Waals surface area contributed by atoms with Crippen LogP contribution in [0, 0.1) is 0 Å². The fourth-order valence-corrected chi connectivity index (χ4v) is 1.71. The van der Waals surface area contributed by atoms with E-state index in [0.717, 1.165) is 18.4 Å². The van der Waals surface area contributed by atoms with Crippen molar-refractivity contribution in [1.29, 1.82) is 0 Å². The molecular weight excluding hydrogens is 272 g/mol. The number of carboxylic acid groups (broad SMARTS) is 1. The van der Waals surface area contributed by atoms with Gasteiger partial charge in [-0.1, -0.05) is 25.5 Å². The Labute approximate surface area is 123 Å². The minimum atomic E-state index is -1.09. The summed E-state index contributed by atoms with van der Waals surface area (Å²) in [4.78, 5) is 33.6. The van der Waals surface area contributed by atoms with Gasteiger partial charge in [0.1, 0.15) is 6.54 Å². The lowest BCUT2D eigenvalue weighted by Crippen LogP contribution is -2.29. The highest BCUT2D eigenvalue weighted by Crippen LogP contribution is 2.05. The fraction of sp³-hybridized carbons (Fsp3) is 0.400. The summed E-state index contributed by atoms with van der Waals surface area (Å²) in [5.41, 5.74) is 1.17. The first kappa shape index (κ1) is 16.7. The van der Waals surface area contributed by atoms with E-state index in [1.54, 1.807) is 24.3 Å². The number of hydrogen-bond donors (Lipinski definition) is 3. The van der Waals surface area contributed by atoms with Crippen molar-refractivity contribution >= 4 is 17.8 Å². The molecule has 1 aromatic carbocycles. The van der Waals surface area contributed by atoms with Gasteiger partial charge < -0.3 is 15.7 Å². The fourth-order valence-electron chi connectivity index (χ4n) is 1.71. The molecule has 0 fully saturated rings. The van der Waals surface area contributed by atoms with Gasteiger partial charge in [0.15, 0.2) is 0 Å². The maximum Gasteiger partial charge on any atom is 0.322 e. The predicted octanol–water partition coefficient (Wildman–Crippen LogP) is 1.31. The summed E-state index contributed by atoms with van der Waals surface area (Å²) in [5.74, 6) is -1.56. The van der Waals surface area contributed by atoms with E-state index in [0.29, 0.717) is 18.5 Å². The molecule has 0 aliphatic rings. The molecule has 0 spiro atoms. The number of amides is 2. The molecule has 0 atom stereocenters. The molecule has 114 valence electrons. The highest BCUT2D eigenvalue weighted by Gasteiger charge is 2.08. The maximum absolute atomic E-state index is 11.7. The lowest BCUT2D eigenvalue weighted by molar-refractivity contribution is -0.135. The molecule has 0 saturated heterocycles. The van der Waals surface area contributed by atoms with Crippen LogP contribution in [0.15, 0.2) is 24.3 Å². The molecular formula is C15H20N2O4. The summed E-state index contributed by atoms with van der Waals surface area (Å²) >= 11 is 0. The van der Waals surface area contributed by atoms with Gasteiger partial charge in [0.05, 0.1) is 0 Å². The Morgan fingerprint density at radius 3 is 2.62 bits per heavy atom.